The van der Waals surface area contributed by atoms with Gasteiger partial charge in [0.2, 0.25) is 0 Å². The highest BCUT2D eigenvalue weighted by Crippen LogP contribution is 2.52. The van der Waals surface area contributed by atoms with E-state index in [1.165, 1.54) is 12.4 Å². The molecule has 2 heterocycles. The molecule has 2 aliphatic carbocycles. The van der Waals surface area contributed by atoms with Crippen LogP contribution in [0.4, 0.5) is 5.69 Å². The molecular formula is C32H34Cl2N4O4. The van der Waals surface area contributed by atoms with Crippen LogP contribution >= 0.6 is 23.2 Å². The molecule has 2 fully saturated rings. The number of anilines is 1. The van der Waals surface area contributed by atoms with Crippen molar-refractivity contribution in [1.82, 2.24) is 9.88 Å². The smallest absolute Gasteiger partial charge is 0.331 e. The predicted molar refractivity (Wildman–Crippen MR) is 164 cm³/mol. The monoisotopic (exact) mass is 608 g/mol. The molecule has 1 unspecified atom stereocenters. The molecule has 0 bridgehead atoms. The number of allylic oxidation sites excluding steroid dienone is 2. The van der Waals surface area contributed by atoms with Gasteiger partial charge in [-0.1, -0.05) is 66.7 Å². The molecule has 2 aromatic rings. The number of Topliss-reactive ketones (excluding diaryl/α,β-unsaturated/α-hetero) is 1. The molecule has 10 heteroatoms. The van der Waals surface area contributed by atoms with Crippen LogP contribution in [-0.4, -0.2) is 59.5 Å². The molecular weight excluding hydrogens is 575 g/mol. The molecule has 3 aliphatic rings. The zero-order chi connectivity index (χ0) is 29.9. The number of halogens is 2. The number of nitrogens with zero attached hydrogens (tertiary/aromatic N) is 3. The maximum Gasteiger partial charge on any atom is 0.331 e. The molecule has 2 atom stereocenters. The number of pyridine rings is 1. The Kier molecular flexibility index (Phi) is 9.13. The highest BCUT2D eigenvalue weighted by molar-refractivity contribution is 6.40. The van der Waals surface area contributed by atoms with Gasteiger partial charge in [-0.2, -0.15) is 0 Å². The number of esters is 1. The van der Waals surface area contributed by atoms with Crippen molar-refractivity contribution in [3.63, 3.8) is 0 Å². The van der Waals surface area contributed by atoms with Gasteiger partial charge in [-0.05, 0) is 43.0 Å². The van der Waals surface area contributed by atoms with Crippen LogP contribution in [0.3, 0.4) is 0 Å². The number of aliphatic imine (C=N–C) groups is 1. The second-order valence-corrected chi connectivity index (χ2v) is 11.8. The van der Waals surface area contributed by atoms with Crippen molar-refractivity contribution in [3.05, 3.63) is 81.8 Å². The first-order chi connectivity index (χ1) is 20.2. The van der Waals surface area contributed by atoms with Gasteiger partial charge in [-0.15, -0.1) is 0 Å². The summed E-state index contributed by atoms with van der Waals surface area (Å²) in [4.78, 5) is 50.7. The van der Waals surface area contributed by atoms with E-state index in [-0.39, 0.29) is 28.0 Å². The summed E-state index contributed by atoms with van der Waals surface area (Å²) >= 11 is 12.2. The quantitative estimate of drug-likeness (QED) is 0.364. The molecule has 8 nitrogen and oxygen atoms in total. The number of hydrogen-bond acceptors (Lipinski definition) is 7. The summed E-state index contributed by atoms with van der Waals surface area (Å²) in [5, 5.41) is 3.10. The van der Waals surface area contributed by atoms with Crippen molar-refractivity contribution in [1.29, 1.82) is 0 Å². The van der Waals surface area contributed by atoms with Crippen molar-refractivity contribution >= 4 is 52.3 Å². The number of ketones is 1. The van der Waals surface area contributed by atoms with Gasteiger partial charge >= 0.3 is 5.97 Å². The third kappa shape index (κ3) is 6.01. The van der Waals surface area contributed by atoms with Crippen LogP contribution in [0.2, 0.25) is 10.0 Å². The first-order valence-electron chi connectivity index (χ1n) is 14.3. The lowest BCUT2D eigenvalue weighted by Gasteiger charge is -2.50. The Balaban J connectivity index is 1.40. The Hall–Kier alpha value is -3.49. The number of hydrogen-bond donors (Lipinski definition) is 1. The minimum Gasteiger partial charge on any atom is -0.464 e. The number of amides is 1. The fourth-order valence-electron chi connectivity index (χ4n) is 6.12. The van der Waals surface area contributed by atoms with E-state index in [2.05, 4.69) is 10.3 Å². The number of benzene rings is 1. The molecule has 2 saturated carbocycles. The summed E-state index contributed by atoms with van der Waals surface area (Å²) in [6, 6.07) is 6.36. The average Bonchev–Trinajstić information content (AvgIpc) is 2.97. The molecule has 0 radical (unpaired) electrons. The first kappa shape index (κ1) is 30.0. The van der Waals surface area contributed by atoms with Crippen LogP contribution in [0.15, 0.2) is 65.6 Å². The predicted octanol–water partition coefficient (Wildman–Crippen LogP) is 6.09. The number of nitrogens with one attached hydrogen (secondary N) is 1. The largest absolute Gasteiger partial charge is 0.464 e. The number of rotatable bonds is 8. The molecule has 1 aromatic heterocycles. The SMILES string of the molecule is CCOC(=O)[C@H](Cc1ccc(NC(=O)c2c(Cl)cncc2Cl)cc1)N=C1C(C2=CN(C)CC=C2)C(=O)C12CCCCC2. The van der Waals surface area contributed by atoms with Gasteiger partial charge in [0.15, 0.2) is 11.8 Å². The van der Waals surface area contributed by atoms with E-state index in [9.17, 15) is 14.4 Å². The second-order valence-electron chi connectivity index (χ2n) is 11.0. The van der Waals surface area contributed by atoms with Gasteiger partial charge in [0, 0.05) is 50.0 Å². The van der Waals surface area contributed by atoms with E-state index in [1.54, 1.807) is 19.1 Å². The molecule has 5 rings (SSSR count). The van der Waals surface area contributed by atoms with E-state index in [0.717, 1.165) is 55.5 Å². The first-order valence-corrected chi connectivity index (χ1v) is 15.1. The molecule has 1 N–H and O–H groups in total. The fourth-order valence-corrected chi connectivity index (χ4v) is 6.66. The van der Waals surface area contributed by atoms with Crippen molar-refractivity contribution in [2.45, 2.75) is 51.5 Å². The van der Waals surface area contributed by atoms with E-state index >= 15 is 0 Å². The Morgan fingerprint density at radius 3 is 2.48 bits per heavy atom. The standard InChI is InChI=1S/C32H34Cl2N4O4/c1-3-42-31(41)25(16-20-9-11-22(12-10-20)36-30(40)27-23(33)17-35-18-24(27)34)37-28-26(21-8-7-15-38(2)19-21)29(39)32(28)13-5-4-6-14-32/h7-12,17-19,25-26H,3-6,13-16H2,1-2H3,(H,36,40)/t25-,26?/m0/s1. The third-order valence-corrected chi connectivity index (χ3v) is 8.76. The average molecular weight is 610 g/mol. The van der Waals surface area contributed by atoms with Gasteiger partial charge in [0.1, 0.15) is 0 Å². The number of ether oxygens (including phenoxy) is 1. The van der Waals surface area contributed by atoms with Crippen LogP contribution in [0.1, 0.15) is 54.9 Å². The van der Waals surface area contributed by atoms with E-state index in [0.29, 0.717) is 12.1 Å². The van der Waals surface area contributed by atoms with Crippen LogP contribution < -0.4 is 5.32 Å². The van der Waals surface area contributed by atoms with Gasteiger partial charge in [0.05, 0.1) is 33.5 Å². The second kappa shape index (κ2) is 12.8. The molecule has 1 aliphatic heterocycles. The molecule has 42 heavy (non-hydrogen) atoms. The van der Waals surface area contributed by atoms with E-state index < -0.39 is 29.3 Å². The lowest BCUT2D eigenvalue weighted by molar-refractivity contribution is -0.144. The Labute approximate surface area is 255 Å². The van der Waals surface area contributed by atoms with E-state index in [4.69, 9.17) is 32.9 Å². The normalized spacial score (nSPS) is 21.1. The Morgan fingerprint density at radius 1 is 1.14 bits per heavy atom. The van der Waals surface area contributed by atoms with Crippen LogP contribution in [0, 0.1) is 11.3 Å². The molecule has 220 valence electrons. The van der Waals surface area contributed by atoms with Crippen LogP contribution in [0.25, 0.3) is 0 Å². The Bertz CT molecular complexity index is 1440. The summed E-state index contributed by atoms with van der Waals surface area (Å²) in [5.74, 6) is -1.10. The van der Waals surface area contributed by atoms with Gasteiger partial charge in [-0.25, -0.2) is 4.79 Å². The summed E-state index contributed by atoms with van der Waals surface area (Å²) in [5.41, 5.74) is 2.66. The molecule has 1 amide bonds. The van der Waals surface area contributed by atoms with Crippen molar-refractivity contribution < 1.29 is 19.1 Å². The van der Waals surface area contributed by atoms with Crippen molar-refractivity contribution in [3.8, 4) is 0 Å². The summed E-state index contributed by atoms with van der Waals surface area (Å²) in [7, 11) is 1.98. The van der Waals surface area contributed by atoms with E-state index in [1.807, 2.05) is 42.4 Å². The summed E-state index contributed by atoms with van der Waals surface area (Å²) < 4.78 is 5.44. The lowest BCUT2D eigenvalue weighted by atomic mass is 9.51. The summed E-state index contributed by atoms with van der Waals surface area (Å²) in [6.45, 7) is 2.79. The zero-order valence-corrected chi connectivity index (χ0v) is 25.3. The van der Waals surface area contributed by atoms with Gasteiger partial charge in [0.25, 0.3) is 5.91 Å². The topological polar surface area (TPSA) is 101 Å². The number of carbonyl (C=O) groups excluding carboxylic acids is 3. The van der Waals surface area contributed by atoms with Gasteiger partial charge in [-0.3, -0.25) is 19.6 Å². The van der Waals surface area contributed by atoms with Gasteiger partial charge < -0.3 is 15.0 Å². The van der Waals surface area contributed by atoms with Crippen LogP contribution in [0.5, 0.6) is 0 Å². The number of likely N-dealkylation sites (N-methyl/N-ethyl adjacent to an activating group) is 1. The highest BCUT2D eigenvalue weighted by Gasteiger charge is 2.60. The third-order valence-electron chi connectivity index (χ3n) is 8.19. The fraction of sp³-hybridized carbons (Fsp3) is 0.406. The number of carbonyl (C=O) groups is 3. The van der Waals surface area contributed by atoms with Crippen molar-refractivity contribution in [2.24, 2.45) is 16.3 Å². The summed E-state index contributed by atoms with van der Waals surface area (Å²) in [6.07, 6.45) is 13.7. The maximum atomic E-state index is 13.7. The zero-order valence-electron chi connectivity index (χ0n) is 23.7. The number of aromatic nitrogens is 1. The molecule has 1 aromatic carbocycles. The maximum absolute atomic E-state index is 13.7. The lowest BCUT2D eigenvalue weighted by Crippen LogP contribution is -2.60. The highest BCUT2D eigenvalue weighted by atomic mass is 35.5. The molecule has 1 spiro atoms. The minimum absolute atomic E-state index is 0.144. The minimum atomic E-state index is -0.796. The Morgan fingerprint density at radius 2 is 1.83 bits per heavy atom. The molecule has 0 saturated heterocycles. The van der Waals surface area contributed by atoms with Crippen molar-refractivity contribution in [2.75, 3.05) is 25.5 Å². The van der Waals surface area contributed by atoms with Crippen LogP contribution in [-0.2, 0) is 20.7 Å².